The maximum Gasteiger partial charge on any atom is 0.329 e. The lowest BCUT2D eigenvalue weighted by Gasteiger charge is -2.09. The molecule has 3 rings (SSSR count). The maximum atomic E-state index is 13.2. The molecule has 0 saturated heterocycles. The second kappa shape index (κ2) is 6.69. The first-order valence-electron chi connectivity index (χ1n) is 7.21. The van der Waals surface area contributed by atoms with Crippen LogP contribution in [0.5, 0.6) is 0 Å². The van der Waals surface area contributed by atoms with Crippen molar-refractivity contribution in [2.45, 2.75) is 13.5 Å². The van der Waals surface area contributed by atoms with E-state index >= 15 is 0 Å². The molecular formula is C15H13ClFN5O2S. The summed E-state index contributed by atoms with van der Waals surface area (Å²) >= 11 is 6.97. The van der Waals surface area contributed by atoms with E-state index in [2.05, 4.69) is 15.3 Å². The number of nitrogens with two attached hydrogens (primary N) is 1. The van der Waals surface area contributed by atoms with Crippen LogP contribution in [0.1, 0.15) is 6.92 Å². The molecule has 2 aromatic heterocycles. The van der Waals surface area contributed by atoms with Gasteiger partial charge in [-0.25, -0.2) is 14.2 Å². The first-order chi connectivity index (χ1) is 11.9. The van der Waals surface area contributed by atoms with Crippen molar-refractivity contribution in [2.75, 3.05) is 11.1 Å². The third-order valence-corrected chi connectivity index (χ3v) is 4.53. The summed E-state index contributed by atoms with van der Waals surface area (Å²) < 4.78 is 14.5. The van der Waals surface area contributed by atoms with Gasteiger partial charge in [-0.05, 0) is 25.1 Å². The van der Waals surface area contributed by atoms with Crippen LogP contribution in [-0.4, -0.2) is 14.5 Å². The number of nitrogens with zero attached hydrogens (tertiary/aromatic N) is 2. The van der Waals surface area contributed by atoms with E-state index in [1.54, 1.807) is 12.3 Å². The molecule has 0 bridgehead atoms. The number of hydrogen-bond donors (Lipinski definition) is 3. The van der Waals surface area contributed by atoms with Crippen LogP contribution >= 0.6 is 22.9 Å². The van der Waals surface area contributed by atoms with E-state index in [0.717, 1.165) is 0 Å². The number of thiazole rings is 1. The third kappa shape index (κ3) is 3.28. The minimum atomic E-state index is -0.603. The Morgan fingerprint density at radius 1 is 1.44 bits per heavy atom. The zero-order valence-corrected chi connectivity index (χ0v) is 14.5. The Balaban J connectivity index is 1.98. The van der Waals surface area contributed by atoms with Crippen molar-refractivity contribution >= 4 is 39.6 Å². The van der Waals surface area contributed by atoms with Crippen LogP contribution in [0.25, 0.3) is 11.3 Å². The topological polar surface area (TPSA) is 106 Å². The van der Waals surface area contributed by atoms with Gasteiger partial charge in [0.05, 0.1) is 10.7 Å². The average Bonchev–Trinajstić information content (AvgIpc) is 2.99. The molecule has 2 heterocycles. The van der Waals surface area contributed by atoms with E-state index in [0.29, 0.717) is 23.1 Å². The molecule has 0 aliphatic rings. The zero-order valence-electron chi connectivity index (χ0n) is 13.0. The minimum absolute atomic E-state index is 0.0162. The predicted molar refractivity (Wildman–Crippen MR) is 97.2 cm³/mol. The Kier molecular flexibility index (Phi) is 4.60. The monoisotopic (exact) mass is 381 g/mol. The molecule has 130 valence electrons. The van der Waals surface area contributed by atoms with E-state index in [1.165, 1.54) is 34.1 Å². The van der Waals surface area contributed by atoms with Gasteiger partial charge >= 0.3 is 5.69 Å². The van der Waals surface area contributed by atoms with Crippen molar-refractivity contribution in [1.29, 1.82) is 0 Å². The lowest BCUT2D eigenvalue weighted by atomic mass is 10.2. The number of hydrogen-bond acceptors (Lipinski definition) is 6. The van der Waals surface area contributed by atoms with E-state index in [9.17, 15) is 14.0 Å². The molecule has 7 nitrogen and oxygen atoms in total. The van der Waals surface area contributed by atoms with Crippen LogP contribution in [0.15, 0.2) is 33.2 Å². The Hall–Kier alpha value is -2.65. The van der Waals surface area contributed by atoms with Gasteiger partial charge in [0.15, 0.2) is 5.13 Å². The fourth-order valence-corrected chi connectivity index (χ4v) is 3.19. The molecule has 10 heteroatoms. The number of nitrogen functional groups attached to an aromatic ring is 1. The normalized spacial score (nSPS) is 10.8. The van der Waals surface area contributed by atoms with Crippen molar-refractivity contribution in [3.8, 4) is 11.3 Å². The summed E-state index contributed by atoms with van der Waals surface area (Å²) in [5.74, 6) is -0.467. The van der Waals surface area contributed by atoms with E-state index in [4.69, 9.17) is 17.3 Å². The molecule has 0 saturated carbocycles. The second-order valence-corrected chi connectivity index (χ2v) is 6.32. The molecule has 0 spiro atoms. The smallest absolute Gasteiger partial charge is 0.329 e. The van der Waals surface area contributed by atoms with Crippen LogP contribution in [-0.2, 0) is 6.54 Å². The van der Waals surface area contributed by atoms with Crippen LogP contribution in [0.4, 0.5) is 21.0 Å². The Bertz CT molecular complexity index is 1060. The molecule has 0 aliphatic heterocycles. The maximum absolute atomic E-state index is 13.2. The summed E-state index contributed by atoms with van der Waals surface area (Å²) in [6.07, 6.45) is 0. The van der Waals surface area contributed by atoms with Crippen LogP contribution in [0, 0.1) is 5.82 Å². The van der Waals surface area contributed by atoms with Gasteiger partial charge in [-0.2, -0.15) is 0 Å². The van der Waals surface area contributed by atoms with Crippen LogP contribution in [0.2, 0.25) is 5.02 Å². The molecule has 4 N–H and O–H groups in total. The minimum Gasteiger partial charge on any atom is -0.384 e. The summed E-state index contributed by atoms with van der Waals surface area (Å²) in [4.78, 5) is 30.4. The van der Waals surface area contributed by atoms with Crippen molar-refractivity contribution in [1.82, 2.24) is 14.5 Å². The average molecular weight is 382 g/mol. The molecule has 0 atom stereocenters. The molecule has 0 fully saturated rings. The summed E-state index contributed by atoms with van der Waals surface area (Å²) in [7, 11) is 0. The van der Waals surface area contributed by atoms with Crippen molar-refractivity contribution in [2.24, 2.45) is 0 Å². The lowest BCUT2D eigenvalue weighted by molar-refractivity contribution is 0.628. The molecule has 0 aliphatic carbocycles. The van der Waals surface area contributed by atoms with E-state index in [1.807, 2.05) is 0 Å². The predicted octanol–water partition coefficient (Wildman–Crippen LogP) is 2.80. The number of aromatic nitrogens is 3. The van der Waals surface area contributed by atoms with Gasteiger partial charge in [0, 0.05) is 17.6 Å². The van der Waals surface area contributed by atoms with Gasteiger partial charge in [-0.3, -0.25) is 14.3 Å². The molecule has 1 aromatic carbocycles. The number of rotatable bonds is 4. The van der Waals surface area contributed by atoms with Gasteiger partial charge in [0.1, 0.15) is 17.2 Å². The summed E-state index contributed by atoms with van der Waals surface area (Å²) in [6.45, 7) is 2.06. The second-order valence-electron chi connectivity index (χ2n) is 5.06. The Morgan fingerprint density at radius 3 is 2.88 bits per heavy atom. The van der Waals surface area contributed by atoms with Crippen LogP contribution < -0.4 is 22.3 Å². The van der Waals surface area contributed by atoms with Crippen molar-refractivity contribution < 1.29 is 4.39 Å². The molecule has 0 radical (unpaired) electrons. The number of nitrogens with one attached hydrogen (secondary N) is 2. The molecule has 3 aromatic rings. The largest absolute Gasteiger partial charge is 0.384 e. The van der Waals surface area contributed by atoms with Crippen molar-refractivity contribution in [3.05, 3.63) is 55.3 Å². The van der Waals surface area contributed by atoms with Crippen LogP contribution in [0.3, 0.4) is 0 Å². The Labute approximate surface area is 149 Å². The highest BCUT2D eigenvalue weighted by Crippen LogP contribution is 2.29. The third-order valence-electron chi connectivity index (χ3n) is 3.49. The quantitative estimate of drug-likeness (QED) is 0.644. The van der Waals surface area contributed by atoms with Gasteiger partial charge in [-0.1, -0.05) is 11.6 Å². The highest BCUT2D eigenvalue weighted by atomic mass is 35.5. The van der Waals surface area contributed by atoms with Gasteiger partial charge in [0.2, 0.25) is 0 Å². The SMILES string of the molecule is CCn1c(N)c(-c2csc(Nc3ccc(F)c(Cl)c3)n2)c(=O)[nH]c1=O. The first-order valence-corrected chi connectivity index (χ1v) is 8.47. The molecule has 0 unspecified atom stereocenters. The zero-order chi connectivity index (χ0) is 18.1. The van der Waals surface area contributed by atoms with Gasteiger partial charge in [-0.15, -0.1) is 11.3 Å². The number of benzene rings is 1. The highest BCUT2D eigenvalue weighted by Gasteiger charge is 2.16. The fourth-order valence-electron chi connectivity index (χ4n) is 2.29. The molecular weight excluding hydrogens is 369 g/mol. The number of H-pyrrole nitrogens is 1. The van der Waals surface area contributed by atoms with Crippen molar-refractivity contribution in [3.63, 3.8) is 0 Å². The molecule has 25 heavy (non-hydrogen) atoms. The summed E-state index contributed by atoms with van der Waals surface area (Å²) in [6, 6.07) is 4.18. The lowest BCUT2D eigenvalue weighted by Crippen LogP contribution is -2.32. The van der Waals surface area contributed by atoms with Gasteiger partial charge in [0.25, 0.3) is 5.56 Å². The van der Waals surface area contributed by atoms with Gasteiger partial charge < -0.3 is 11.1 Å². The number of aromatic amines is 1. The Morgan fingerprint density at radius 2 is 2.20 bits per heavy atom. The fraction of sp³-hybridized carbons (Fsp3) is 0.133. The van der Waals surface area contributed by atoms with E-state index < -0.39 is 17.1 Å². The van der Waals surface area contributed by atoms with E-state index in [-0.39, 0.29) is 16.4 Å². The summed E-state index contributed by atoms with van der Waals surface area (Å²) in [5.41, 5.74) is 5.80. The number of halogens is 2. The highest BCUT2D eigenvalue weighted by molar-refractivity contribution is 7.14. The number of anilines is 3. The molecule has 0 amide bonds. The summed E-state index contributed by atoms with van der Waals surface area (Å²) in [5, 5.41) is 5.06. The first kappa shape index (κ1) is 17.2. The standard InChI is InChI=1S/C15H13ClFN5O2S/c1-2-22-12(18)11(13(23)21-15(22)24)10-6-25-14(20-10)19-7-3-4-9(17)8(16)5-7/h3-6H,2,18H2,1H3,(H,19,20)(H,21,23,24).